The zero-order chi connectivity index (χ0) is 17.7. The molecule has 4 nitrogen and oxygen atoms in total. The van der Waals surface area contributed by atoms with E-state index in [0.29, 0.717) is 34.3 Å². The van der Waals surface area contributed by atoms with Crippen LogP contribution in [0.1, 0.15) is 40.1 Å². The maximum atomic E-state index is 12.3. The fourth-order valence-electron chi connectivity index (χ4n) is 2.06. The lowest BCUT2D eigenvalue weighted by atomic mass is 10.1. The molecule has 5 heteroatoms. The van der Waals surface area contributed by atoms with Crippen molar-refractivity contribution in [2.75, 3.05) is 11.9 Å². The third-order valence-electron chi connectivity index (χ3n) is 3.46. The van der Waals surface area contributed by atoms with E-state index in [0.717, 1.165) is 5.56 Å². The van der Waals surface area contributed by atoms with Gasteiger partial charge < -0.3 is 10.6 Å². The van der Waals surface area contributed by atoms with Crippen LogP contribution in [0.4, 0.5) is 5.69 Å². The second-order valence-electron chi connectivity index (χ2n) is 6.12. The van der Waals surface area contributed by atoms with Crippen LogP contribution in [0.2, 0.25) is 5.02 Å². The molecule has 0 saturated carbocycles. The summed E-state index contributed by atoms with van der Waals surface area (Å²) in [5, 5.41) is 5.98. The van der Waals surface area contributed by atoms with Gasteiger partial charge in [-0.05, 0) is 43.2 Å². The van der Waals surface area contributed by atoms with E-state index in [2.05, 4.69) is 10.6 Å². The van der Waals surface area contributed by atoms with E-state index in [1.165, 1.54) is 0 Å². The van der Waals surface area contributed by atoms with Gasteiger partial charge in [0.1, 0.15) is 0 Å². The number of aryl methyl sites for hydroxylation is 1. The Labute approximate surface area is 147 Å². The Kier molecular flexibility index (Phi) is 5.99. The minimum Gasteiger partial charge on any atom is -0.352 e. The Morgan fingerprint density at radius 3 is 2.25 bits per heavy atom. The molecule has 0 aliphatic heterocycles. The van der Waals surface area contributed by atoms with Crippen LogP contribution in [0.15, 0.2) is 42.5 Å². The van der Waals surface area contributed by atoms with Crippen LogP contribution in [0.3, 0.4) is 0 Å². The highest BCUT2D eigenvalue weighted by Crippen LogP contribution is 2.24. The molecule has 126 valence electrons. The van der Waals surface area contributed by atoms with Gasteiger partial charge in [0.15, 0.2) is 0 Å². The first-order chi connectivity index (χ1) is 11.4. The fraction of sp³-hybridized carbons (Fsp3) is 0.263. The summed E-state index contributed by atoms with van der Waals surface area (Å²) in [7, 11) is 0. The van der Waals surface area contributed by atoms with Crippen molar-refractivity contribution in [1.82, 2.24) is 5.32 Å². The molecular weight excluding hydrogens is 324 g/mol. The summed E-state index contributed by atoms with van der Waals surface area (Å²) in [6.45, 7) is 6.59. The number of amides is 2. The quantitative estimate of drug-likeness (QED) is 0.850. The number of nitrogens with one attached hydrogen (secondary N) is 2. The smallest absolute Gasteiger partial charge is 0.255 e. The lowest BCUT2D eigenvalue weighted by Crippen LogP contribution is -2.27. The van der Waals surface area contributed by atoms with Crippen molar-refractivity contribution in [3.8, 4) is 0 Å². The van der Waals surface area contributed by atoms with Crippen molar-refractivity contribution in [3.63, 3.8) is 0 Å². The molecule has 0 aliphatic rings. The van der Waals surface area contributed by atoms with E-state index in [4.69, 9.17) is 11.6 Å². The van der Waals surface area contributed by atoms with Crippen molar-refractivity contribution in [1.29, 1.82) is 0 Å². The molecule has 2 rings (SSSR count). The first-order valence-corrected chi connectivity index (χ1v) is 8.20. The van der Waals surface area contributed by atoms with Crippen molar-refractivity contribution < 1.29 is 9.59 Å². The Bertz CT molecular complexity index is 740. The van der Waals surface area contributed by atoms with Gasteiger partial charge in [-0.3, -0.25) is 9.59 Å². The lowest BCUT2D eigenvalue weighted by Gasteiger charge is -2.11. The fourth-order valence-corrected chi connectivity index (χ4v) is 2.23. The maximum absolute atomic E-state index is 12.3. The number of benzene rings is 2. The normalized spacial score (nSPS) is 10.5. The lowest BCUT2D eigenvalue weighted by molar-refractivity contribution is 0.0947. The number of carbonyl (C=O) groups is 2. The van der Waals surface area contributed by atoms with Crippen LogP contribution in [0.25, 0.3) is 0 Å². The highest BCUT2D eigenvalue weighted by molar-refractivity contribution is 6.34. The number of halogens is 1. The number of carbonyl (C=O) groups excluding carboxylic acids is 2. The topological polar surface area (TPSA) is 58.2 Å². The standard InChI is InChI=1S/C19H21ClN2O2/c1-12(2)11-21-18(23)15-8-9-16(20)17(10-15)22-19(24)14-6-4-13(3)5-7-14/h4-10,12H,11H2,1-3H3,(H,21,23)(H,22,24). The van der Waals surface area contributed by atoms with Crippen molar-refractivity contribution in [2.24, 2.45) is 5.92 Å². The Morgan fingerprint density at radius 2 is 1.62 bits per heavy atom. The van der Waals surface area contributed by atoms with Crippen molar-refractivity contribution in [3.05, 3.63) is 64.2 Å². The van der Waals surface area contributed by atoms with Crippen LogP contribution in [-0.4, -0.2) is 18.4 Å². The zero-order valence-electron chi connectivity index (χ0n) is 14.0. The molecule has 0 radical (unpaired) electrons. The Hall–Kier alpha value is -2.33. The Morgan fingerprint density at radius 1 is 1.00 bits per heavy atom. The molecular formula is C19H21ClN2O2. The molecule has 0 atom stereocenters. The monoisotopic (exact) mass is 344 g/mol. The van der Waals surface area contributed by atoms with Crippen LogP contribution in [0, 0.1) is 12.8 Å². The van der Waals surface area contributed by atoms with Gasteiger partial charge in [-0.1, -0.05) is 43.1 Å². The molecule has 0 saturated heterocycles. The highest BCUT2D eigenvalue weighted by atomic mass is 35.5. The van der Waals surface area contributed by atoms with E-state index < -0.39 is 0 Å². The predicted octanol–water partition coefficient (Wildman–Crippen LogP) is 4.29. The maximum Gasteiger partial charge on any atom is 0.255 e. The van der Waals surface area contributed by atoms with Crippen LogP contribution in [0.5, 0.6) is 0 Å². The van der Waals surface area contributed by atoms with Crippen LogP contribution >= 0.6 is 11.6 Å². The molecule has 24 heavy (non-hydrogen) atoms. The first kappa shape index (κ1) is 18.0. The molecule has 0 unspecified atom stereocenters. The largest absolute Gasteiger partial charge is 0.352 e. The minimum absolute atomic E-state index is 0.189. The SMILES string of the molecule is Cc1ccc(C(=O)Nc2cc(C(=O)NCC(C)C)ccc2Cl)cc1. The first-order valence-electron chi connectivity index (χ1n) is 7.82. The van der Waals surface area contributed by atoms with Crippen LogP contribution in [-0.2, 0) is 0 Å². The average molecular weight is 345 g/mol. The summed E-state index contributed by atoms with van der Waals surface area (Å²) in [6.07, 6.45) is 0. The van der Waals surface area contributed by atoms with Crippen LogP contribution < -0.4 is 10.6 Å². The summed E-state index contributed by atoms with van der Waals surface area (Å²) >= 11 is 6.14. The molecule has 2 amide bonds. The van der Waals surface area contributed by atoms with Gasteiger partial charge >= 0.3 is 0 Å². The highest BCUT2D eigenvalue weighted by Gasteiger charge is 2.12. The third-order valence-corrected chi connectivity index (χ3v) is 3.79. The number of anilines is 1. The second-order valence-corrected chi connectivity index (χ2v) is 6.53. The number of rotatable bonds is 5. The minimum atomic E-state index is -0.267. The van der Waals surface area contributed by atoms with Gasteiger partial charge in [-0.25, -0.2) is 0 Å². The predicted molar refractivity (Wildman–Crippen MR) is 97.8 cm³/mol. The van der Waals surface area contributed by atoms with E-state index in [1.807, 2.05) is 32.9 Å². The summed E-state index contributed by atoms with van der Waals surface area (Å²) < 4.78 is 0. The molecule has 0 aromatic heterocycles. The summed E-state index contributed by atoms with van der Waals surface area (Å²) in [5.74, 6) is -0.0928. The molecule has 2 aromatic rings. The van der Waals surface area contributed by atoms with Gasteiger partial charge in [-0.2, -0.15) is 0 Å². The second kappa shape index (κ2) is 7.97. The van der Waals surface area contributed by atoms with E-state index >= 15 is 0 Å². The summed E-state index contributed by atoms with van der Waals surface area (Å²) in [4.78, 5) is 24.4. The van der Waals surface area contributed by atoms with Crippen molar-refractivity contribution >= 4 is 29.1 Å². The zero-order valence-corrected chi connectivity index (χ0v) is 14.8. The van der Waals surface area contributed by atoms with E-state index in [9.17, 15) is 9.59 Å². The molecule has 0 heterocycles. The van der Waals surface area contributed by atoms with E-state index in [1.54, 1.807) is 30.3 Å². The van der Waals surface area contributed by atoms with Gasteiger partial charge in [0.2, 0.25) is 0 Å². The molecule has 0 spiro atoms. The van der Waals surface area contributed by atoms with Gasteiger partial charge in [0, 0.05) is 17.7 Å². The number of hydrogen-bond acceptors (Lipinski definition) is 2. The van der Waals surface area contributed by atoms with Crippen molar-refractivity contribution in [2.45, 2.75) is 20.8 Å². The molecule has 0 aliphatic carbocycles. The van der Waals surface area contributed by atoms with E-state index in [-0.39, 0.29) is 11.8 Å². The summed E-state index contributed by atoms with van der Waals surface area (Å²) in [5.41, 5.74) is 2.48. The molecule has 0 bridgehead atoms. The number of hydrogen-bond donors (Lipinski definition) is 2. The van der Waals surface area contributed by atoms with Gasteiger partial charge in [-0.15, -0.1) is 0 Å². The molecule has 2 N–H and O–H groups in total. The van der Waals surface area contributed by atoms with Gasteiger partial charge in [0.05, 0.1) is 10.7 Å². The van der Waals surface area contributed by atoms with Gasteiger partial charge in [0.25, 0.3) is 11.8 Å². The average Bonchev–Trinajstić information content (AvgIpc) is 2.55. The third kappa shape index (κ3) is 4.83. The molecule has 0 fully saturated rings. The molecule has 2 aromatic carbocycles. The Balaban J connectivity index is 2.15. The summed E-state index contributed by atoms with van der Waals surface area (Å²) in [6, 6.07) is 12.1.